The van der Waals surface area contributed by atoms with Crippen molar-refractivity contribution < 1.29 is 13.5 Å². The maximum atomic E-state index is 12.0. The van der Waals surface area contributed by atoms with Crippen LogP contribution in [0.25, 0.3) is 0 Å². The van der Waals surface area contributed by atoms with Gasteiger partial charge >= 0.3 is 0 Å². The zero-order valence-electron chi connectivity index (χ0n) is 6.35. The Morgan fingerprint density at radius 3 is 2.64 bits per heavy atom. The molecule has 11 heavy (non-hydrogen) atoms. The van der Waals surface area contributed by atoms with Crippen LogP contribution in [0, 0.1) is 5.41 Å². The largest absolute Gasteiger partial charge is 0.381 e. The molecule has 0 aliphatic carbocycles. The quantitative estimate of drug-likeness (QED) is 0.677. The summed E-state index contributed by atoms with van der Waals surface area (Å²) >= 11 is 0. The van der Waals surface area contributed by atoms with Crippen molar-refractivity contribution in [3.05, 3.63) is 0 Å². The van der Waals surface area contributed by atoms with E-state index in [0.29, 0.717) is 26.2 Å². The third kappa shape index (κ3) is 2.10. The van der Waals surface area contributed by atoms with Gasteiger partial charge in [-0.05, 0) is 6.42 Å². The van der Waals surface area contributed by atoms with Gasteiger partial charge in [0.2, 0.25) is 6.43 Å². The topological polar surface area (TPSA) is 35.2 Å². The third-order valence-electron chi connectivity index (χ3n) is 2.21. The number of nitrogens with two attached hydrogens (primary N) is 1. The number of ether oxygens (including phenoxy) is 1. The molecule has 0 aromatic heterocycles. The van der Waals surface area contributed by atoms with E-state index in [-0.39, 0.29) is 6.42 Å². The van der Waals surface area contributed by atoms with Gasteiger partial charge in [0.15, 0.2) is 0 Å². The van der Waals surface area contributed by atoms with E-state index in [1.807, 2.05) is 0 Å². The Balaban J connectivity index is 2.45. The molecule has 4 heteroatoms. The minimum Gasteiger partial charge on any atom is -0.381 e. The molecule has 1 aliphatic heterocycles. The summed E-state index contributed by atoms with van der Waals surface area (Å²) in [6, 6.07) is 0. The second kappa shape index (κ2) is 3.45. The standard InChI is InChI=1S/C7H13F2NO/c8-6(9)3-7(4-10)1-2-11-5-7/h6H,1-5,10H2. The Morgan fingerprint density at radius 1 is 1.55 bits per heavy atom. The molecule has 1 heterocycles. The van der Waals surface area contributed by atoms with Crippen LogP contribution >= 0.6 is 0 Å². The van der Waals surface area contributed by atoms with Crippen molar-refractivity contribution in [2.45, 2.75) is 19.3 Å². The molecule has 66 valence electrons. The lowest BCUT2D eigenvalue weighted by molar-refractivity contribution is 0.0636. The Bertz CT molecular complexity index is 124. The Labute approximate surface area is 64.7 Å². The average Bonchev–Trinajstić information content (AvgIpc) is 2.36. The fourth-order valence-electron chi connectivity index (χ4n) is 1.38. The molecule has 0 spiro atoms. The van der Waals surface area contributed by atoms with Crippen LogP contribution in [0.3, 0.4) is 0 Å². The summed E-state index contributed by atoms with van der Waals surface area (Å²) in [5.74, 6) is 0. The molecule has 1 fully saturated rings. The second-order valence-corrected chi connectivity index (χ2v) is 3.10. The Morgan fingerprint density at radius 2 is 2.27 bits per heavy atom. The van der Waals surface area contributed by atoms with E-state index in [4.69, 9.17) is 10.5 Å². The Hall–Kier alpha value is -0.220. The fraction of sp³-hybridized carbons (Fsp3) is 1.00. The highest BCUT2D eigenvalue weighted by atomic mass is 19.3. The maximum Gasteiger partial charge on any atom is 0.239 e. The molecule has 0 amide bonds. The molecule has 2 nitrogen and oxygen atoms in total. The summed E-state index contributed by atoms with van der Waals surface area (Å²) in [5, 5.41) is 0. The smallest absolute Gasteiger partial charge is 0.239 e. The van der Waals surface area contributed by atoms with Crippen LogP contribution in [0.2, 0.25) is 0 Å². The first-order valence-electron chi connectivity index (χ1n) is 3.74. The van der Waals surface area contributed by atoms with Crippen molar-refractivity contribution in [3.63, 3.8) is 0 Å². The summed E-state index contributed by atoms with van der Waals surface area (Å²) in [5.41, 5.74) is 4.97. The lowest BCUT2D eigenvalue weighted by Gasteiger charge is -2.24. The van der Waals surface area contributed by atoms with E-state index in [0.717, 1.165) is 0 Å². The molecule has 0 aromatic rings. The summed E-state index contributed by atoms with van der Waals surface area (Å²) < 4.78 is 29.1. The SMILES string of the molecule is NCC1(CC(F)F)CCOC1. The number of halogens is 2. The van der Waals surface area contributed by atoms with Gasteiger partial charge < -0.3 is 10.5 Å². The van der Waals surface area contributed by atoms with E-state index < -0.39 is 11.8 Å². The second-order valence-electron chi connectivity index (χ2n) is 3.10. The number of rotatable bonds is 3. The van der Waals surface area contributed by atoms with Crippen molar-refractivity contribution in [2.75, 3.05) is 19.8 Å². The summed E-state index contributed by atoms with van der Waals surface area (Å²) in [6.45, 7) is 1.27. The van der Waals surface area contributed by atoms with Crippen LogP contribution in [0.4, 0.5) is 8.78 Å². The normalized spacial score (nSPS) is 31.6. The molecule has 1 rings (SSSR count). The minimum atomic E-state index is -2.26. The van der Waals surface area contributed by atoms with Crippen LogP contribution in [0.1, 0.15) is 12.8 Å². The molecule has 2 N–H and O–H groups in total. The van der Waals surface area contributed by atoms with Crippen LogP contribution in [0.5, 0.6) is 0 Å². The molecular weight excluding hydrogens is 152 g/mol. The molecule has 1 unspecified atom stereocenters. The third-order valence-corrected chi connectivity index (χ3v) is 2.21. The minimum absolute atomic E-state index is 0.122. The van der Waals surface area contributed by atoms with Crippen molar-refractivity contribution in [1.82, 2.24) is 0 Å². The van der Waals surface area contributed by atoms with Gasteiger partial charge in [0.05, 0.1) is 6.61 Å². The van der Waals surface area contributed by atoms with E-state index in [2.05, 4.69) is 0 Å². The van der Waals surface area contributed by atoms with E-state index in [9.17, 15) is 8.78 Å². The van der Waals surface area contributed by atoms with Crippen molar-refractivity contribution in [2.24, 2.45) is 11.1 Å². The van der Waals surface area contributed by atoms with Crippen LogP contribution in [0.15, 0.2) is 0 Å². The van der Waals surface area contributed by atoms with Crippen molar-refractivity contribution in [3.8, 4) is 0 Å². The molecule has 1 aliphatic rings. The van der Waals surface area contributed by atoms with Crippen LogP contribution in [-0.2, 0) is 4.74 Å². The zero-order valence-corrected chi connectivity index (χ0v) is 6.35. The molecule has 0 saturated carbocycles. The first-order chi connectivity index (χ1) is 5.18. The van der Waals surface area contributed by atoms with Gasteiger partial charge in [-0.15, -0.1) is 0 Å². The zero-order chi connectivity index (χ0) is 8.32. The predicted molar refractivity (Wildman–Crippen MR) is 37.5 cm³/mol. The molecular formula is C7H13F2NO. The van der Waals surface area contributed by atoms with E-state index >= 15 is 0 Å². The van der Waals surface area contributed by atoms with E-state index in [1.165, 1.54) is 0 Å². The molecule has 1 saturated heterocycles. The monoisotopic (exact) mass is 165 g/mol. The fourth-order valence-corrected chi connectivity index (χ4v) is 1.38. The molecule has 1 atom stereocenters. The van der Waals surface area contributed by atoms with Crippen LogP contribution < -0.4 is 5.73 Å². The average molecular weight is 165 g/mol. The van der Waals surface area contributed by atoms with Gasteiger partial charge in [-0.25, -0.2) is 8.78 Å². The van der Waals surface area contributed by atoms with Gasteiger partial charge in [-0.2, -0.15) is 0 Å². The Kier molecular flexibility index (Phi) is 2.78. The van der Waals surface area contributed by atoms with Crippen molar-refractivity contribution >= 4 is 0 Å². The van der Waals surface area contributed by atoms with Gasteiger partial charge in [-0.3, -0.25) is 0 Å². The highest BCUT2D eigenvalue weighted by Crippen LogP contribution is 2.33. The number of alkyl halides is 2. The summed E-state index contributed by atoms with van der Waals surface area (Å²) in [6.07, 6.45) is -1.71. The molecule has 0 aromatic carbocycles. The highest BCUT2D eigenvalue weighted by molar-refractivity contribution is 4.84. The van der Waals surface area contributed by atoms with Gasteiger partial charge in [0.25, 0.3) is 0 Å². The molecule has 0 bridgehead atoms. The lowest BCUT2D eigenvalue weighted by Crippen LogP contribution is -2.32. The summed E-state index contributed by atoms with van der Waals surface area (Å²) in [7, 11) is 0. The predicted octanol–water partition coefficient (Wildman–Crippen LogP) is 1.01. The van der Waals surface area contributed by atoms with E-state index in [1.54, 1.807) is 0 Å². The number of hydrogen-bond donors (Lipinski definition) is 1. The summed E-state index contributed by atoms with van der Waals surface area (Å²) in [4.78, 5) is 0. The van der Waals surface area contributed by atoms with Gasteiger partial charge in [0, 0.05) is 25.0 Å². The van der Waals surface area contributed by atoms with Crippen molar-refractivity contribution in [1.29, 1.82) is 0 Å². The number of hydrogen-bond acceptors (Lipinski definition) is 2. The first kappa shape index (κ1) is 8.87. The maximum absolute atomic E-state index is 12.0. The lowest BCUT2D eigenvalue weighted by atomic mass is 9.84. The van der Waals surface area contributed by atoms with Crippen LogP contribution in [-0.4, -0.2) is 26.2 Å². The molecule has 0 radical (unpaired) electrons. The highest BCUT2D eigenvalue weighted by Gasteiger charge is 2.36. The van der Waals surface area contributed by atoms with Gasteiger partial charge in [0.1, 0.15) is 0 Å². The first-order valence-corrected chi connectivity index (χ1v) is 3.74. The van der Waals surface area contributed by atoms with Gasteiger partial charge in [-0.1, -0.05) is 0 Å².